The van der Waals surface area contributed by atoms with E-state index < -0.39 is 22.2 Å². The predicted octanol–water partition coefficient (Wildman–Crippen LogP) is 1.42. The highest BCUT2D eigenvalue weighted by molar-refractivity contribution is 7.87. The first kappa shape index (κ1) is 12.7. The van der Waals surface area contributed by atoms with Gasteiger partial charge in [0.1, 0.15) is 0 Å². The molecule has 0 saturated heterocycles. The van der Waals surface area contributed by atoms with Crippen LogP contribution >= 0.6 is 0 Å². The third-order valence-corrected chi connectivity index (χ3v) is 3.05. The molecule has 0 amide bonds. The fourth-order valence-electron chi connectivity index (χ4n) is 0.819. The summed E-state index contributed by atoms with van der Waals surface area (Å²) in [4.78, 5) is 0. The molecule has 1 aliphatic rings. The zero-order valence-electron chi connectivity index (χ0n) is 8.00. The van der Waals surface area contributed by atoms with Crippen LogP contribution in [0.3, 0.4) is 0 Å². The first-order valence-corrected chi connectivity index (χ1v) is 5.67. The van der Waals surface area contributed by atoms with Crippen molar-refractivity contribution in [3.63, 3.8) is 0 Å². The van der Waals surface area contributed by atoms with Crippen LogP contribution in [0.25, 0.3) is 0 Å². The van der Waals surface area contributed by atoms with Crippen LogP contribution < -0.4 is 0 Å². The van der Waals surface area contributed by atoms with E-state index >= 15 is 0 Å². The molecular formula is C7H11F3O4S. The molecule has 0 unspecified atom stereocenters. The van der Waals surface area contributed by atoms with Gasteiger partial charge in [0.15, 0.2) is 0 Å². The van der Waals surface area contributed by atoms with Crippen LogP contribution in [0.2, 0.25) is 0 Å². The van der Waals surface area contributed by atoms with Gasteiger partial charge in [-0.1, -0.05) is 0 Å². The molecule has 1 rings (SSSR count). The fraction of sp³-hybridized carbons (Fsp3) is 1.00. The van der Waals surface area contributed by atoms with E-state index in [1.165, 1.54) is 0 Å². The second kappa shape index (κ2) is 3.91. The van der Waals surface area contributed by atoms with Crippen molar-refractivity contribution >= 4 is 10.1 Å². The van der Waals surface area contributed by atoms with Gasteiger partial charge in [0, 0.05) is 0 Å². The lowest BCUT2D eigenvalue weighted by Gasteiger charge is -2.11. The highest BCUT2D eigenvalue weighted by atomic mass is 32.2. The first-order valence-electron chi connectivity index (χ1n) is 4.26. The van der Waals surface area contributed by atoms with Gasteiger partial charge < -0.3 is 4.74 Å². The Labute approximate surface area is 85.5 Å². The molecule has 0 spiro atoms. The Kier molecular flexibility index (Phi) is 3.32. The minimum Gasteiger partial charge on any atom is -0.373 e. The molecule has 0 atom stereocenters. The van der Waals surface area contributed by atoms with Crippen LogP contribution in [0, 0.1) is 0 Å². The van der Waals surface area contributed by atoms with Gasteiger partial charge >= 0.3 is 15.6 Å². The Morgan fingerprint density at radius 1 is 1.27 bits per heavy atom. The van der Waals surface area contributed by atoms with Crippen LogP contribution in [-0.2, 0) is 19.0 Å². The average Bonchev–Trinajstić information content (AvgIpc) is 2.76. The molecule has 1 fully saturated rings. The van der Waals surface area contributed by atoms with E-state index in [1.54, 1.807) is 6.92 Å². The number of alkyl halides is 3. The Bertz CT molecular complexity index is 318. The van der Waals surface area contributed by atoms with Crippen LogP contribution in [0.15, 0.2) is 0 Å². The van der Waals surface area contributed by atoms with Gasteiger partial charge in [0.25, 0.3) is 0 Å². The van der Waals surface area contributed by atoms with E-state index in [2.05, 4.69) is 4.18 Å². The lowest BCUT2D eigenvalue weighted by atomic mass is 10.4. The van der Waals surface area contributed by atoms with Gasteiger partial charge in [-0.15, -0.1) is 0 Å². The molecule has 0 aromatic heterocycles. The molecule has 1 saturated carbocycles. The minimum atomic E-state index is -5.48. The highest BCUT2D eigenvalue weighted by Gasteiger charge is 2.47. The second-order valence-corrected chi connectivity index (χ2v) is 5.13. The first-order chi connectivity index (χ1) is 6.66. The van der Waals surface area contributed by atoms with Crippen LogP contribution in [0.1, 0.15) is 19.8 Å². The number of rotatable bonds is 5. The number of hydrogen-bond acceptors (Lipinski definition) is 4. The summed E-state index contributed by atoms with van der Waals surface area (Å²) < 4.78 is 64.9. The van der Waals surface area contributed by atoms with E-state index in [9.17, 15) is 21.6 Å². The maximum atomic E-state index is 11.8. The Morgan fingerprint density at radius 2 is 1.80 bits per heavy atom. The number of ether oxygens (including phenoxy) is 1. The van der Waals surface area contributed by atoms with Gasteiger partial charge in [0.05, 0.1) is 18.8 Å². The van der Waals surface area contributed by atoms with Gasteiger partial charge in [-0.05, 0) is 19.8 Å². The molecule has 0 N–H and O–H groups in total. The fourth-order valence-corrected chi connectivity index (χ4v) is 1.24. The topological polar surface area (TPSA) is 52.6 Å². The maximum absolute atomic E-state index is 11.8. The van der Waals surface area contributed by atoms with Crippen LogP contribution in [0.5, 0.6) is 0 Å². The van der Waals surface area contributed by atoms with Gasteiger partial charge in [-0.2, -0.15) is 21.6 Å². The summed E-state index contributed by atoms with van der Waals surface area (Å²) in [7, 11) is -5.48. The van der Waals surface area contributed by atoms with Crippen molar-refractivity contribution in [2.45, 2.75) is 30.9 Å². The SMILES string of the molecule is CC1(OCCOS(=O)(=O)C(F)(F)F)CC1. The quantitative estimate of drug-likeness (QED) is 0.419. The standard InChI is InChI=1S/C7H11F3O4S/c1-6(2-3-6)13-4-5-14-15(11,12)7(8,9)10/h2-5H2,1H3. The van der Waals surface area contributed by atoms with Gasteiger partial charge in [-0.3, -0.25) is 4.18 Å². The van der Waals surface area contributed by atoms with Crippen molar-refractivity contribution in [1.82, 2.24) is 0 Å². The largest absolute Gasteiger partial charge is 0.523 e. The molecule has 15 heavy (non-hydrogen) atoms. The van der Waals surface area contributed by atoms with Crippen molar-refractivity contribution in [2.75, 3.05) is 13.2 Å². The van der Waals surface area contributed by atoms with Crippen molar-refractivity contribution in [3.8, 4) is 0 Å². The monoisotopic (exact) mass is 248 g/mol. The lowest BCUT2D eigenvalue weighted by Crippen LogP contribution is -2.27. The molecule has 0 aromatic carbocycles. The summed E-state index contributed by atoms with van der Waals surface area (Å²) in [5, 5.41) is 0. The van der Waals surface area contributed by atoms with Gasteiger partial charge in [0.2, 0.25) is 0 Å². The van der Waals surface area contributed by atoms with E-state index in [-0.39, 0.29) is 12.2 Å². The minimum absolute atomic E-state index is 0.161. The molecule has 1 aliphatic carbocycles. The van der Waals surface area contributed by atoms with Crippen molar-refractivity contribution in [3.05, 3.63) is 0 Å². The van der Waals surface area contributed by atoms with E-state index in [1.807, 2.05) is 0 Å². The van der Waals surface area contributed by atoms with Crippen molar-refractivity contribution in [1.29, 1.82) is 0 Å². The molecule has 8 heteroatoms. The zero-order chi connectivity index (χ0) is 11.7. The van der Waals surface area contributed by atoms with Gasteiger partial charge in [-0.25, -0.2) is 0 Å². The highest BCUT2D eigenvalue weighted by Crippen LogP contribution is 2.38. The van der Waals surface area contributed by atoms with Crippen molar-refractivity contribution < 1.29 is 30.5 Å². The zero-order valence-corrected chi connectivity index (χ0v) is 8.82. The molecule has 90 valence electrons. The summed E-state index contributed by atoms with van der Waals surface area (Å²) in [5.41, 5.74) is -5.66. The summed E-state index contributed by atoms with van der Waals surface area (Å²) in [6.45, 7) is 1.02. The third kappa shape index (κ3) is 3.62. The molecule has 0 aromatic rings. The average molecular weight is 248 g/mol. The predicted molar refractivity (Wildman–Crippen MR) is 44.5 cm³/mol. The molecule has 4 nitrogen and oxygen atoms in total. The summed E-state index contributed by atoms with van der Waals surface area (Å²) in [5.74, 6) is 0. The van der Waals surface area contributed by atoms with E-state index in [4.69, 9.17) is 4.74 Å². The molecule has 0 heterocycles. The molecular weight excluding hydrogens is 237 g/mol. The maximum Gasteiger partial charge on any atom is 0.523 e. The Morgan fingerprint density at radius 3 is 2.20 bits per heavy atom. The second-order valence-electron chi connectivity index (χ2n) is 3.52. The van der Waals surface area contributed by atoms with E-state index in [0.717, 1.165) is 12.8 Å². The molecule has 0 radical (unpaired) electrons. The summed E-state index contributed by atoms with van der Waals surface area (Å²) >= 11 is 0. The van der Waals surface area contributed by atoms with E-state index in [0.29, 0.717) is 0 Å². The summed E-state index contributed by atoms with van der Waals surface area (Å²) in [6.07, 6.45) is 1.66. The molecule has 0 bridgehead atoms. The summed E-state index contributed by atoms with van der Waals surface area (Å²) in [6, 6.07) is 0. The Hall–Kier alpha value is -0.340. The normalized spacial score (nSPS) is 20.3. The number of halogens is 3. The van der Waals surface area contributed by atoms with Crippen LogP contribution in [-0.4, -0.2) is 32.7 Å². The Balaban J connectivity index is 2.25. The van der Waals surface area contributed by atoms with Crippen LogP contribution in [0.4, 0.5) is 13.2 Å². The smallest absolute Gasteiger partial charge is 0.373 e. The lowest BCUT2D eigenvalue weighted by molar-refractivity contribution is -0.0567. The molecule has 0 aliphatic heterocycles. The van der Waals surface area contributed by atoms with Crippen molar-refractivity contribution in [2.24, 2.45) is 0 Å². The number of hydrogen-bond donors (Lipinski definition) is 0. The third-order valence-electron chi connectivity index (χ3n) is 2.01.